The molecule has 38 heavy (non-hydrogen) atoms. The molecule has 0 radical (unpaired) electrons. The van der Waals surface area contributed by atoms with Crippen LogP contribution in [0.15, 0.2) is 37.2 Å². The molecule has 4 aromatic rings. The Balaban J connectivity index is 0.000000155. The number of hydrogen-bond donors (Lipinski definition) is 6. The lowest BCUT2D eigenvalue weighted by molar-refractivity contribution is -0.0852. The molecule has 0 unspecified atom stereocenters. The average molecular weight is 529 g/mol. The van der Waals surface area contributed by atoms with Crippen LogP contribution in [0.1, 0.15) is 39.1 Å². The van der Waals surface area contributed by atoms with Crippen LogP contribution in [0.25, 0.3) is 22.1 Å². The number of aliphatic hydroxyl groups is 4. The number of aromatic nitrogens is 6. The van der Waals surface area contributed by atoms with Crippen LogP contribution in [0.3, 0.4) is 0 Å². The lowest BCUT2D eigenvalue weighted by atomic mass is 10.0. The highest BCUT2D eigenvalue weighted by atomic mass is 16.6. The third-order valence-electron chi connectivity index (χ3n) is 6.98. The van der Waals surface area contributed by atoms with Crippen LogP contribution in [0, 0.1) is 0 Å². The topological polar surface area (TPSA) is 213 Å². The van der Waals surface area contributed by atoms with Gasteiger partial charge in [0.05, 0.1) is 36.2 Å². The van der Waals surface area contributed by atoms with Gasteiger partial charge in [-0.2, -0.15) is 0 Å². The number of fused-ring (bicyclic) bond motifs is 2. The summed E-state index contributed by atoms with van der Waals surface area (Å²) in [5.41, 5.74) is 10.6. The molecule has 4 aromatic heterocycles. The van der Waals surface area contributed by atoms with Gasteiger partial charge < -0.3 is 50.5 Å². The van der Waals surface area contributed by atoms with E-state index in [1.165, 1.54) is 12.7 Å². The number of hydrogen-bond acceptors (Lipinski definition) is 12. The largest absolute Gasteiger partial charge is 0.394 e. The van der Waals surface area contributed by atoms with Crippen LogP contribution in [-0.2, 0) is 9.47 Å². The summed E-state index contributed by atoms with van der Waals surface area (Å²) in [4.78, 5) is 16.2. The fourth-order valence-corrected chi connectivity index (χ4v) is 5.18. The van der Waals surface area contributed by atoms with Gasteiger partial charge in [-0.3, -0.25) is 0 Å². The Labute approximate surface area is 217 Å². The number of anilines is 2. The maximum absolute atomic E-state index is 10.4. The van der Waals surface area contributed by atoms with E-state index in [4.69, 9.17) is 20.9 Å². The molecule has 14 heteroatoms. The molecule has 0 saturated carbocycles. The summed E-state index contributed by atoms with van der Waals surface area (Å²) in [6, 6.07) is 3.58. The van der Waals surface area contributed by atoms with Gasteiger partial charge >= 0.3 is 0 Å². The molecule has 6 atom stereocenters. The molecule has 2 aliphatic rings. The van der Waals surface area contributed by atoms with Gasteiger partial charge in [0.25, 0.3) is 0 Å². The summed E-state index contributed by atoms with van der Waals surface area (Å²) in [6.07, 6.45) is 5.05. The van der Waals surface area contributed by atoms with E-state index < -0.39 is 23.7 Å². The van der Waals surface area contributed by atoms with Crippen molar-refractivity contribution in [3.05, 3.63) is 37.2 Å². The molecule has 2 saturated heterocycles. The number of nitrogens with two attached hydrogens (primary N) is 2. The lowest BCUT2D eigenvalue weighted by Crippen LogP contribution is -2.31. The predicted molar refractivity (Wildman–Crippen MR) is 136 cm³/mol. The van der Waals surface area contributed by atoms with E-state index in [0.29, 0.717) is 46.5 Å². The third-order valence-corrected chi connectivity index (χ3v) is 6.98. The van der Waals surface area contributed by atoms with E-state index >= 15 is 0 Å². The number of ether oxygens (including phenoxy) is 2. The van der Waals surface area contributed by atoms with Crippen molar-refractivity contribution < 1.29 is 29.9 Å². The fraction of sp³-hybridized carbons (Fsp3) is 0.500. The predicted octanol–water partition coefficient (Wildman–Crippen LogP) is 0.0886. The summed E-state index contributed by atoms with van der Waals surface area (Å²) in [6.45, 7) is 3.12. The second kappa shape index (κ2) is 9.72. The van der Waals surface area contributed by atoms with E-state index in [-0.39, 0.29) is 25.4 Å². The van der Waals surface area contributed by atoms with E-state index in [1.807, 2.05) is 0 Å². The molecule has 6 rings (SSSR count). The van der Waals surface area contributed by atoms with Gasteiger partial charge in [0.2, 0.25) is 0 Å². The molecular weight excluding hydrogens is 496 g/mol. The first kappa shape index (κ1) is 26.2. The minimum absolute atomic E-state index is 0.122. The molecule has 8 N–H and O–H groups in total. The standard InChI is InChI=1S/2C12H16N4O3/c2*1-12(18)4-7(5-17)19-11(12)16-3-2-8-9(13)14-6-15-10(8)16/h2*2-3,6-7,11,17-18H,4-5H2,1H3,(H2,13,14,15)/t7-,11+,12+;7-,11+,12-/m00/s1. The maximum Gasteiger partial charge on any atom is 0.164 e. The van der Waals surface area contributed by atoms with Crippen molar-refractivity contribution in [2.24, 2.45) is 0 Å². The Hall–Kier alpha value is -3.40. The van der Waals surface area contributed by atoms with Crippen LogP contribution in [0.2, 0.25) is 0 Å². The number of nitrogens with zero attached hydrogens (tertiary/aromatic N) is 6. The quantitative estimate of drug-likeness (QED) is 0.208. The number of aliphatic hydroxyl groups excluding tert-OH is 2. The maximum atomic E-state index is 10.4. The van der Waals surface area contributed by atoms with Gasteiger partial charge in [0.1, 0.15) is 46.8 Å². The van der Waals surface area contributed by atoms with E-state index in [2.05, 4.69) is 19.9 Å². The summed E-state index contributed by atoms with van der Waals surface area (Å²) < 4.78 is 14.8. The van der Waals surface area contributed by atoms with Crippen molar-refractivity contribution in [3.8, 4) is 0 Å². The first-order valence-electron chi connectivity index (χ1n) is 12.2. The Morgan fingerprint density at radius 1 is 0.789 bits per heavy atom. The number of nitrogen functional groups attached to an aromatic ring is 2. The lowest BCUT2D eigenvalue weighted by Gasteiger charge is -2.25. The average Bonchev–Trinajstić information content (AvgIpc) is 3.62. The normalized spacial score (nSPS) is 31.1. The van der Waals surface area contributed by atoms with Gasteiger partial charge in [0, 0.05) is 25.2 Å². The fourth-order valence-electron chi connectivity index (χ4n) is 5.18. The van der Waals surface area contributed by atoms with Crippen molar-refractivity contribution in [2.45, 2.75) is 62.6 Å². The van der Waals surface area contributed by atoms with Gasteiger partial charge in [0.15, 0.2) is 12.5 Å². The van der Waals surface area contributed by atoms with Crippen molar-refractivity contribution >= 4 is 33.7 Å². The second-order valence-corrected chi connectivity index (χ2v) is 10.1. The smallest absolute Gasteiger partial charge is 0.164 e. The molecule has 0 spiro atoms. The van der Waals surface area contributed by atoms with Crippen LogP contribution in [0.4, 0.5) is 11.6 Å². The zero-order valence-corrected chi connectivity index (χ0v) is 21.0. The minimum atomic E-state index is -1.07. The molecule has 14 nitrogen and oxygen atoms in total. The molecule has 0 aliphatic carbocycles. The molecule has 0 bridgehead atoms. The summed E-state index contributed by atoms with van der Waals surface area (Å²) in [7, 11) is 0. The zero-order chi connectivity index (χ0) is 27.2. The molecule has 6 heterocycles. The molecule has 2 aliphatic heterocycles. The van der Waals surface area contributed by atoms with Gasteiger partial charge in [-0.25, -0.2) is 19.9 Å². The van der Waals surface area contributed by atoms with Gasteiger partial charge in [-0.05, 0) is 26.0 Å². The zero-order valence-electron chi connectivity index (χ0n) is 21.0. The van der Waals surface area contributed by atoms with Gasteiger partial charge in [-0.15, -0.1) is 0 Å². The highest BCUT2D eigenvalue weighted by molar-refractivity contribution is 5.86. The van der Waals surface area contributed by atoms with Crippen LogP contribution < -0.4 is 11.5 Å². The first-order chi connectivity index (χ1) is 18.1. The van der Waals surface area contributed by atoms with E-state index in [0.717, 1.165) is 0 Å². The van der Waals surface area contributed by atoms with Crippen LogP contribution >= 0.6 is 0 Å². The Kier molecular flexibility index (Phi) is 6.71. The molecular formula is C24H32N8O6. The Bertz CT molecular complexity index is 1330. The molecule has 204 valence electrons. The molecule has 0 aromatic carbocycles. The van der Waals surface area contributed by atoms with Crippen LogP contribution in [0.5, 0.6) is 0 Å². The summed E-state index contributed by atoms with van der Waals surface area (Å²) in [5.74, 6) is 0.778. The van der Waals surface area contributed by atoms with Crippen molar-refractivity contribution in [3.63, 3.8) is 0 Å². The van der Waals surface area contributed by atoms with E-state index in [9.17, 15) is 20.4 Å². The van der Waals surface area contributed by atoms with Crippen molar-refractivity contribution in [1.82, 2.24) is 29.1 Å². The highest BCUT2D eigenvalue weighted by Gasteiger charge is 2.46. The van der Waals surface area contributed by atoms with E-state index in [1.54, 1.807) is 47.5 Å². The van der Waals surface area contributed by atoms with Gasteiger partial charge in [-0.1, -0.05) is 0 Å². The number of rotatable bonds is 4. The molecule has 0 amide bonds. The summed E-state index contributed by atoms with van der Waals surface area (Å²) in [5, 5.41) is 40.6. The third kappa shape index (κ3) is 4.55. The Morgan fingerprint density at radius 2 is 1.18 bits per heavy atom. The monoisotopic (exact) mass is 528 g/mol. The highest BCUT2D eigenvalue weighted by Crippen LogP contribution is 2.40. The minimum Gasteiger partial charge on any atom is -0.394 e. The molecule has 2 fully saturated rings. The van der Waals surface area contributed by atoms with Crippen LogP contribution in [-0.4, -0.2) is 86.1 Å². The summed E-state index contributed by atoms with van der Waals surface area (Å²) >= 11 is 0. The Morgan fingerprint density at radius 3 is 1.53 bits per heavy atom. The van der Waals surface area contributed by atoms with Crippen molar-refractivity contribution in [1.29, 1.82) is 0 Å². The van der Waals surface area contributed by atoms with Crippen molar-refractivity contribution in [2.75, 3.05) is 24.7 Å². The first-order valence-corrected chi connectivity index (χ1v) is 12.2. The SMILES string of the molecule is C[C@@]1(O)C[C@@H](CO)O[C@H]1n1ccc2c(N)ncnc21.C[C@]1(O)C[C@@H](CO)O[C@H]1n1ccc2c(N)ncnc21. The second-order valence-electron chi connectivity index (χ2n) is 10.1.